The molecular weight excluding hydrogens is 408 g/mol. The molecule has 6 nitrogen and oxygen atoms in total. The van der Waals surface area contributed by atoms with Gasteiger partial charge in [0.15, 0.2) is 11.5 Å². The topological polar surface area (TPSA) is 67.9 Å². The van der Waals surface area contributed by atoms with Crippen LogP contribution in [0.4, 0.5) is 23.2 Å². The molecule has 0 aliphatic carbocycles. The number of amides is 2. The molecule has 3 rings (SSSR count). The summed E-state index contributed by atoms with van der Waals surface area (Å²) in [6.07, 6.45) is -4.94. The van der Waals surface area contributed by atoms with Crippen molar-refractivity contribution in [3.63, 3.8) is 0 Å². The molecule has 30 heavy (non-hydrogen) atoms. The van der Waals surface area contributed by atoms with Crippen molar-refractivity contribution >= 4 is 17.5 Å². The van der Waals surface area contributed by atoms with Crippen LogP contribution < -0.4 is 14.8 Å². The Kier molecular flexibility index (Phi) is 6.14. The van der Waals surface area contributed by atoms with E-state index < -0.39 is 35.9 Å². The van der Waals surface area contributed by atoms with E-state index in [9.17, 15) is 27.2 Å². The third kappa shape index (κ3) is 4.81. The lowest BCUT2D eigenvalue weighted by atomic mass is 10.1. The number of hydrogen-bond acceptors (Lipinski definition) is 4. The highest BCUT2D eigenvalue weighted by Crippen LogP contribution is 2.33. The van der Waals surface area contributed by atoms with Crippen LogP contribution in [0.15, 0.2) is 36.4 Å². The number of likely N-dealkylation sites (N-methyl/N-ethyl adjacent to an activating group) is 1. The van der Waals surface area contributed by atoms with Gasteiger partial charge in [-0.3, -0.25) is 9.59 Å². The number of fused-ring (bicyclic) bond motifs is 1. The Morgan fingerprint density at radius 3 is 2.43 bits per heavy atom. The van der Waals surface area contributed by atoms with Gasteiger partial charge in [-0.1, -0.05) is 0 Å². The minimum Gasteiger partial charge on any atom is -0.486 e. The van der Waals surface area contributed by atoms with Crippen LogP contribution in [0.25, 0.3) is 0 Å². The molecule has 2 aromatic carbocycles. The van der Waals surface area contributed by atoms with E-state index in [2.05, 4.69) is 5.32 Å². The van der Waals surface area contributed by atoms with Gasteiger partial charge in [-0.2, -0.15) is 13.2 Å². The molecule has 1 aliphatic rings. The Morgan fingerprint density at radius 1 is 1.07 bits per heavy atom. The van der Waals surface area contributed by atoms with Crippen molar-refractivity contribution in [3.8, 4) is 11.5 Å². The molecule has 1 N–H and O–H groups in total. The molecule has 0 radical (unpaired) electrons. The van der Waals surface area contributed by atoms with Crippen molar-refractivity contribution in [2.45, 2.75) is 13.1 Å². The molecule has 0 unspecified atom stereocenters. The van der Waals surface area contributed by atoms with E-state index >= 15 is 0 Å². The van der Waals surface area contributed by atoms with Crippen molar-refractivity contribution in [1.82, 2.24) is 4.90 Å². The average molecular weight is 426 g/mol. The molecule has 0 aromatic heterocycles. The number of rotatable bonds is 5. The molecule has 2 amide bonds. The fourth-order valence-electron chi connectivity index (χ4n) is 2.88. The monoisotopic (exact) mass is 426 g/mol. The van der Waals surface area contributed by atoms with Crippen LogP contribution >= 0.6 is 0 Å². The molecule has 0 bridgehead atoms. The van der Waals surface area contributed by atoms with Gasteiger partial charge in [0.25, 0.3) is 5.91 Å². The molecule has 0 saturated heterocycles. The number of carbonyl (C=O) groups is 2. The third-order valence-corrected chi connectivity index (χ3v) is 4.35. The van der Waals surface area contributed by atoms with E-state index in [0.717, 1.165) is 11.0 Å². The predicted molar refractivity (Wildman–Crippen MR) is 99.0 cm³/mol. The van der Waals surface area contributed by atoms with Gasteiger partial charge in [0.1, 0.15) is 25.6 Å². The fraction of sp³-hybridized carbons (Fsp3) is 0.300. The molecule has 1 heterocycles. The summed E-state index contributed by atoms with van der Waals surface area (Å²) in [7, 11) is 0. The maximum atomic E-state index is 13.5. The zero-order chi connectivity index (χ0) is 21.9. The minimum atomic E-state index is -4.94. The first-order valence-electron chi connectivity index (χ1n) is 9.04. The first kappa shape index (κ1) is 21.4. The van der Waals surface area contributed by atoms with Crippen molar-refractivity contribution in [1.29, 1.82) is 0 Å². The molecule has 160 valence electrons. The van der Waals surface area contributed by atoms with Crippen molar-refractivity contribution in [3.05, 3.63) is 53.3 Å². The third-order valence-electron chi connectivity index (χ3n) is 4.35. The number of nitrogens with zero attached hydrogens (tertiary/aromatic N) is 1. The molecule has 2 aromatic rings. The van der Waals surface area contributed by atoms with Crippen LogP contribution in [-0.2, 0) is 11.0 Å². The maximum Gasteiger partial charge on any atom is 0.419 e. The van der Waals surface area contributed by atoms with Crippen molar-refractivity contribution < 1.29 is 36.6 Å². The number of hydrogen-bond donors (Lipinski definition) is 1. The van der Waals surface area contributed by atoms with Crippen LogP contribution in [-0.4, -0.2) is 43.0 Å². The number of benzene rings is 2. The van der Waals surface area contributed by atoms with Gasteiger partial charge in [0.05, 0.1) is 5.56 Å². The fourth-order valence-corrected chi connectivity index (χ4v) is 2.88. The maximum absolute atomic E-state index is 13.5. The van der Waals surface area contributed by atoms with Crippen LogP contribution in [0, 0.1) is 5.82 Å². The van der Waals surface area contributed by atoms with Crippen LogP contribution in [0.2, 0.25) is 0 Å². The summed E-state index contributed by atoms with van der Waals surface area (Å²) in [6.45, 7) is 2.03. The Bertz CT molecular complexity index is 962. The highest BCUT2D eigenvalue weighted by molar-refractivity contribution is 5.99. The first-order chi connectivity index (χ1) is 14.2. The van der Waals surface area contributed by atoms with E-state index in [4.69, 9.17) is 9.47 Å². The normalized spacial score (nSPS) is 13.0. The largest absolute Gasteiger partial charge is 0.486 e. The lowest BCUT2D eigenvalue weighted by Crippen LogP contribution is -2.38. The van der Waals surface area contributed by atoms with Gasteiger partial charge in [-0.15, -0.1) is 0 Å². The highest BCUT2D eigenvalue weighted by Gasteiger charge is 2.35. The Morgan fingerprint density at radius 2 is 1.77 bits per heavy atom. The molecule has 0 fully saturated rings. The lowest BCUT2D eigenvalue weighted by Gasteiger charge is -2.22. The summed E-state index contributed by atoms with van der Waals surface area (Å²) in [6, 6.07) is 6.77. The number of anilines is 1. The minimum absolute atomic E-state index is 0.0616. The standard InChI is InChI=1S/C20H18F4N2O4/c1-2-26(19(28)12-3-5-15(21)14(9-12)20(22,23)24)11-18(27)25-13-4-6-16-17(10-13)30-8-7-29-16/h3-6,9-10H,2,7-8,11H2,1H3,(H,25,27). The van der Waals surface area contributed by atoms with Crippen molar-refractivity contribution in [2.24, 2.45) is 0 Å². The Labute approximate surface area is 169 Å². The van der Waals surface area contributed by atoms with Crippen LogP contribution in [0.5, 0.6) is 11.5 Å². The molecule has 0 saturated carbocycles. The summed E-state index contributed by atoms with van der Waals surface area (Å²) in [5.74, 6) is -1.84. The van der Waals surface area contributed by atoms with Gasteiger partial charge in [-0.25, -0.2) is 4.39 Å². The predicted octanol–water partition coefficient (Wildman–Crippen LogP) is 3.72. The summed E-state index contributed by atoms with van der Waals surface area (Å²) in [5.41, 5.74) is -1.49. The Balaban J connectivity index is 1.70. The summed E-state index contributed by atoms with van der Waals surface area (Å²) >= 11 is 0. The molecular formula is C20H18F4N2O4. The second-order valence-electron chi connectivity index (χ2n) is 6.42. The number of ether oxygens (including phenoxy) is 2. The second-order valence-corrected chi connectivity index (χ2v) is 6.42. The van der Waals surface area contributed by atoms with Gasteiger partial charge in [0.2, 0.25) is 5.91 Å². The molecule has 0 atom stereocenters. The van der Waals surface area contributed by atoms with Crippen molar-refractivity contribution in [2.75, 3.05) is 31.6 Å². The number of carbonyl (C=O) groups excluding carboxylic acids is 2. The second kappa shape index (κ2) is 8.60. The van der Waals surface area contributed by atoms with E-state index in [1.165, 1.54) is 0 Å². The first-order valence-corrected chi connectivity index (χ1v) is 9.04. The number of nitrogens with one attached hydrogen (secondary N) is 1. The average Bonchev–Trinajstić information content (AvgIpc) is 2.71. The smallest absolute Gasteiger partial charge is 0.419 e. The molecule has 0 spiro atoms. The molecule has 1 aliphatic heterocycles. The van der Waals surface area contributed by atoms with Crippen LogP contribution in [0.3, 0.4) is 0 Å². The number of halogens is 4. The van der Waals surface area contributed by atoms with Gasteiger partial charge in [0, 0.05) is 23.9 Å². The summed E-state index contributed by atoms with van der Waals surface area (Å²) in [5, 5.41) is 2.60. The quantitative estimate of drug-likeness (QED) is 0.741. The van der Waals surface area contributed by atoms with Gasteiger partial charge < -0.3 is 19.7 Å². The van der Waals surface area contributed by atoms with E-state index in [0.29, 0.717) is 42.5 Å². The lowest BCUT2D eigenvalue weighted by molar-refractivity contribution is -0.140. The zero-order valence-corrected chi connectivity index (χ0v) is 15.9. The number of alkyl halides is 3. The van der Waals surface area contributed by atoms with Gasteiger partial charge in [-0.05, 0) is 37.3 Å². The SMILES string of the molecule is CCN(CC(=O)Nc1ccc2c(c1)OCCO2)C(=O)c1ccc(F)c(C(F)(F)F)c1. The highest BCUT2D eigenvalue weighted by atomic mass is 19.4. The zero-order valence-electron chi connectivity index (χ0n) is 15.9. The van der Waals surface area contributed by atoms with Crippen LogP contribution in [0.1, 0.15) is 22.8 Å². The molecule has 10 heteroatoms. The van der Waals surface area contributed by atoms with Gasteiger partial charge >= 0.3 is 6.18 Å². The Hall–Kier alpha value is -3.30. The van der Waals surface area contributed by atoms with E-state index in [-0.39, 0.29) is 12.1 Å². The van der Waals surface area contributed by atoms with E-state index in [1.54, 1.807) is 25.1 Å². The summed E-state index contributed by atoms with van der Waals surface area (Å²) < 4.78 is 63.0. The van der Waals surface area contributed by atoms with E-state index in [1.807, 2.05) is 0 Å². The summed E-state index contributed by atoms with van der Waals surface area (Å²) in [4.78, 5) is 26.0.